The van der Waals surface area contributed by atoms with Crippen LogP contribution in [-0.4, -0.2) is 50.5 Å². The summed E-state index contributed by atoms with van der Waals surface area (Å²) >= 11 is 0. The summed E-state index contributed by atoms with van der Waals surface area (Å²) in [5.41, 5.74) is 2.79. The van der Waals surface area contributed by atoms with Gasteiger partial charge in [-0.25, -0.2) is 0 Å². The van der Waals surface area contributed by atoms with E-state index in [1.807, 2.05) is 32.8 Å². The topological polar surface area (TPSA) is 55.8 Å². The van der Waals surface area contributed by atoms with Crippen molar-refractivity contribution >= 4 is 19.6 Å². The van der Waals surface area contributed by atoms with Crippen molar-refractivity contribution in [3.8, 4) is 0 Å². The number of hydroxylamine groups is 2. The van der Waals surface area contributed by atoms with Crippen molar-refractivity contribution in [1.82, 2.24) is 5.06 Å². The van der Waals surface area contributed by atoms with E-state index in [0.717, 1.165) is 48.2 Å². The molecule has 0 bridgehead atoms. The molecule has 2 radical (unpaired) electrons. The molecule has 1 saturated heterocycles. The first-order valence-corrected chi connectivity index (χ1v) is 11.2. The minimum atomic E-state index is -0.651. The molecule has 1 heterocycles. The third kappa shape index (κ3) is 4.27. The molecule has 0 unspecified atom stereocenters. The molecule has 5 nitrogen and oxygen atoms in total. The van der Waals surface area contributed by atoms with Gasteiger partial charge < -0.3 is 9.49 Å². The Morgan fingerprint density at radius 1 is 1.00 bits per heavy atom. The van der Waals surface area contributed by atoms with Crippen molar-refractivity contribution in [1.29, 1.82) is 0 Å². The first-order chi connectivity index (χ1) is 14.4. The molecule has 1 aromatic carbocycles. The van der Waals surface area contributed by atoms with Crippen molar-refractivity contribution in [2.45, 2.75) is 84.2 Å². The standard InChI is InChI=1S/C25H36BNO4/c1-16-12-18(23(3,4)24(5,6)31-26)13-17(2)21(16)22-19(28)14-25(15-20(22)29)8-10-27(30-7)11-9-25/h12-13,22H,8-11,14-15H2,1-7H3. The van der Waals surface area contributed by atoms with Crippen molar-refractivity contribution in [3.63, 3.8) is 0 Å². The van der Waals surface area contributed by atoms with Crippen LogP contribution in [0, 0.1) is 19.3 Å². The molecular weight excluding hydrogens is 389 g/mol. The SMILES string of the molecule is [B]OC(C)(C)C(C)(C)c1cc(C)c(C2C(=O)CC3(CCN(OC)CC3)CC2=O)c(C)c1. The molecule has 0 aromatic heterocycles. The number of rotatable bonds is 5. The number of hydrogen-bond acceptors (Lipinski definition) is 5. The van der Waals surface area contributed by atoms with Crippen LogP contribution < -0.4 is 0 Å². The van der Waals surface area contributed by atoms with Crippen molar-refractivity contribution in [2.75, 3.05) is 20.2 Å². The number of aryl methyl sites for hydroxylation is 2. The van der Waals surface area contributed by atoms with E-state index >= 15 is 0 Å². The molecule has 2 aliphatic rings. The maximum Gasteiger partial charge on any atom is 0.283 e. The average molecular weight is 425 g/mol. The van der Waals surface area contributed by atoms with Crippen molar-refractivity contribution in [3.05, 3.63) is 34.4 Å². The second-order valence-corrected chi connectivity index (χ2v) is 10.6. The number of ketones is 2. The van der Waals surface area contributed by atoms with Crippen LogP contribution >= 0.6 is 0 Å². The first-order valence-electron chi connectivity index (χ1n) is 11.2. The zero-order chi connectivity index (χ0) is 23.2. The summed E-state index contributed by atoms with van der Waals surface area (Å²) in [6, 6.07) is 4.18. The van der Waals surface area contributed by atoms with Crippen LogP contribution in [0.1, 0.15) is 81.5 Å². The Balaban J connectivity index is 1.90. The normalized spacial score (nSPS) is 21.1. The van der Waals surface area contributed by atoms with Gasteiger partial charge in [-0.2, -0.15) is 5.06 Å². The lowest BCUT2D eigenvalue weighted by atomic mass is 9.62. The lowest BCUT2D eigenvalue weighted by Gasteiger charge is -2.44. The molecular formula is C25H36BNO4. The minimum absolute atomic E-state index is 0.0611. The van der Waals surface area contributed by atoms with Gasteiger partial charge in [-0.15, -0.1) is 0 Å². The summed E-state index contributed by atoms with van der Waals surface area (Å²) in [5.74, 6) is -0.529. The molecule has 1 aliphatic heterocycles. The van der Waals surface area contributed by atoms with Crippen molar-refractivity contribution < 1.29 is 19.1 Å². The van der Waals surface area contributed by atoms with Gasteiger partial charge in [-0.1, -0.05) is 26.0 Å². The highest BCUT2D eigenvalue weighted by atomic mass is 16.7. The Kier molecular flexibility index (Phi) is 6.59. The highest BCUT2D eigenvalue weighted by Crippen LogP contribution is 2.47. The Labute approximate surface area is 188 Å². The number of piperidine rings is 1. The predicted octanol–water partition coefficient (Wildman–Crippen LogP) is 4.12. The molecule has 1 aromatic rings. The number of nitrogens with zero attached hydrogens (tertiary/aromatic N) is 1. The monoisotopic (exact) mass is 425 g/mol. The summed E-state index contributed by atoms with van der Waals surface area (Å²) in [5, 5.41) is 1.91. The lowest BCUT2D eigenvalue weighted by Crippen LogP contribution is -2.47. The Hall–Kier alpha value is -1.50. The molecule has 168 valence electrons. The van der Waals surface area contributed by atoms with Crippen LogP contribution in [0.5, 0.6) is 0 Å². The van der Waals surface area contributed by atoms with Crippen LogP contribution in [0.2, 0.25) is 0 Å². The molecule has 0 atom stereocenters. The number of carbonyl (C=O) groups excluding carboxylic acids is 2. The van der Waals surface area contributed by atoms with E-state index in [1.165, 1.54) is 0 Å². The predicted molar refractivity (Wildman–Crippen MR) is 122 cm³/mol. The van der Waals surface area contributed by atoms with E-state index < -0.39 is 11.5 Å². The summed E-state index contributed by atoms with van der Waals surface area (Å²) in [6.45, 7) is 13.7. The smallest absolute Gasteiger partial charge is 0.283 e. The van der Waals surface area contributed by atoms with Crippen LogP contribution in [0.4, 0.5) is 0 Å². The minimum Gasteiger partial charge on any atom is -0.442 e. The fourth-order valence-corrected chi connectivity index (χ4v) is 5.29. The van der Waals surface area contributed by atoms with Gasteiger partial charge in [-0.05, 0) is 68.2 Å². The first kappa shape index (κ1) is 24.2. The van der Waals surface area contributed by atoms with Crippen molar-refractivity contribution in [2.24, 2.45) is 5.41 Å². The molecule has 1 aliphatic carbocycles. The van der Waals surface area contributed by atoms with Crippen LogP contribution in [0.25, 0.3) is 0 Å². The number of hydrogen-bond donors (Lipinski definition) is 0. The quantitative estimate of drug-likeness (QED) is 0.525. The summed E-state index contributed by atoms with van der Waals surface area (Å²) < 4.78 is 5.28. The van der Waals surface area contributed by atoms with Gasteiger partial charge in [0.25, 0.3) is 8.05 Å². The second kappa shape index (κ2) is 8.45. The average Bonchev–Trinajstić information content (AvgIpc) is 2.69. The number of carbonyl (C=O) groups is 2. The van der Waals surface area contributed by atoms with Gasteiger partial charge in [0.05, 0.1) is 12.7 Å². The summed E-state index contributed by atoms with van der Waals surface area (Å²) in [7, 11) is 7.24. The molecule has 3 rings (SSSR count). The fraction of sp³-hybridized carbons (Fsp3) is 0.680. The number of benzene rings is 1. The lowest BCUT2D eigenvalue weighted by molar-refractivity contribution is -0.166. The van der Waals surface area contributed by atoms with E-state index in [-0.39, 0.29) is 22.4 Å². The molecule has 0 amide bonds. The highest BCUT2D eigenvalue weighted by molar-refractivity contribution is 6.10. The molecule has 2 fully saturated rings. The third-order valence-electron chi connectivity index (χ3n) is 8.19. The van der Waals surface area contributed by atoms with Gasteiger partial charge in [0.1, 0.15) is 17.5 Å². The van der Waals surface area contributed by atoms with Gasteiger partial charge >= 0.3 is 0 Å². The van der Waals surface area contributed by atoms with E-state index in [4.69, 9.17) is 17.5 Å². The molecule has 31 heavy (non-hydrogen) atoms. The van der Waals surface area contributed by atoms with E-state index in [2.05, 4.69) is 26.0 Å². The Bertz CT molecular complexity index is 825. The maximum atomic E-state index is 13.3. The Morgan fingerprint density at radius 3 is 1.90 bits per heavy atom. The largest absolute Gasteiger partial charge is 0.442 e. The Morgan fingerprint density at radius 2 is 1.48 bits per heavy atom. The second-order valence-electron chi connectivity index (χ2n) is 10.6. The van der Waals surface area contributed by atoms with E-state index in [1.54, 1.807) is 7.11 Å². The highest BCUT2D eigenvalue weighted by Gasteiger charge is 2.48. The molecule has 6 heteroatoms. The van der Waals surface area contributed by atoms with Crippen LogP contribution in [0.15, 0.2) is 12.1 Å². The molecule has 1 spiro atoms. The zero-order valence-corrected chi connectivity index (χ0v) is 20.1. The number of Topliss-reactive ketones (excluding diaryl/α,β-unsaturated/α-hetero) is 2. The maximum absolute atomic E-state index is 13.3. The van der Waals surface area contributed by atoms with Crippen LogP contribution in [0.3, 0.4) is 0 Å². The van der Waals surface area contributed by atoms with Gasteiger partial charge in [0, 0.05) is 31.3 Å². The zero-order valence-electron chi connectivity index (χ0n) is 20.1. The summed E-state index contributed by atoms with van der Waals surface area (Å²) in [4.78, 5) is 32.0. The van der Waals surface area contributed by atoms with Gasteiger partial charge in [0.15, 0.2) is 0 Å². The molecule has 0 N–H and O–H groups in total. The summed E-state index contributed by atoms with van der Waals surface area (Å²) in [6.07, 6.45) is 2.59. The van der Waals surface area contributed by atoms with Gasteiger partial charge in [-0.3, -0.25) is 9.59 Å². The fourth-order valence-electron chi connectivity index (χ4n) is 5.29. The molecule has 1 saturated carbocycles. The van der Waals surface area contributed by atoms with Crippen LogP contribution in [-0.2, 0) is 24.5 Å². The van der Waals surface area contributed by atoms with E-state index in [0.29, 0.717) is 12.8 Å². The van der Waals surface area contributed by atoms with E-state index in [9.17, 15) is 9.59 Å². The van der Waals surface area contributed by atoms with Gasteiger partial charge in [0.2, 0.25) is 0 Å². The third-order valence-corrected chi connectivity index (χ3v) is 8.19.